The summed E-state index contributed by atoms with van der Waals surface area (Å²) in [6, 6.07) is 19.2. The molecule has 2 amide bonds. The number of nitro groups is 1. The van der Waals surface area contributed by atoms with Crippen molar-refractivity contribution in [3.8, 4) is 0 Å². The lowest BCUT2D eigenvalue weighted by Gasteiger charge is -2.35. The number of nitrogens with zero attached hydrogens (tertiary/aromatic N) is 3. The van der Waals surface area contributed by atoms with Crippen LogP contribution in [-0.4, -0.2) is 33.5 Å². The van der Waals surface area contributed by atoms with Gasteiger partial charge in [-0.25, -0.2) is 4.90 Å². The highest BCUT2D eigenvalue weighted by atomic mass is 16.6. The first-order valence-electron chi connectivity index (χ1n) is 11.6. The molecular formula is C28H21N3O5. The van der Waals surface area contributed by atoms with Gasteiger partial charge in [0.05, 0.1) is 28.5 Å². The number of benzene rings is 3. The zero-order chi connectivity index (χ0) is 25.1. The highest BCUT2D eigenvalue weighted by molar-refractivity contribution is 6.25. The summed E-state index contributed by atoms with van der Waals surface area (Å²) in [6.07, 6.45) is 3.73. The van der Waals surface area contributed by atoms with Gasteiger partial charge < -0.3 is 4.90 Å². The molecule has 3 aromatic carbocycles. The number of non-ortho nitro benzene ring substituents is 1. The van der Waals surface area contributed by atoms with Crippen molar-refractivity contribution in [3.05, 3.63) is 111 Å². The van der Waals surface area contributed by atoms with E-state index in [9.17, 15) is 24.5 Å². The number of anilines is 1. The number of imide groups is 1. The second-order valence-corrected chi connectivity index (χ2v) is 9.30. The molecule has 0 radical (unpaired) electrons. The number of hydrogen-bond donors (Lipinski definition) is 0. The van der Waals surface area contributed by atoms with Gasteiger partial charge in [0.2, 0.25) is 11.8 Å². The Morgan fingerprint density at radius 2 is 1.61 bits per heavy atom. The van der Waals surface area contributed by atoms with Crippen LogP contribution in [0.4, 0.5) is 11.4 Å². The molecule has 8 nitrogen and oxygen atoms in total. The summed E-state index contributed by atoms with van der Waals surface area (Å²) < 4.78 is 0. The van der Waals surface area contributed by atoms with E-state index in [1.54, 1.807) is 31.2 Å². The molecule has 0 bridgehead atoms. The molecule has 178 valence electrons. The van der Waals surface area contributed by atoms with E-state index in [4.69, 9.17) is 0 Å². The lowest BCUT2D eigenvalue weighted by atomic mass is 9.83. The largest absolute Gasteiger partial charge is 0.358 e. The quantitative estimate of drug-likeness (QED) is 0.239. The number of fused-ring (bicyclic) bond motifs is 5. The van der Waals surface area contributed by atoms with E-state index in [-0.39, 0.29) is 11.5 Å². The summed E-state index contributed by atoms with van der Waals surface area (Å²) >= 11 is 0. The van der Waals surface area contributed by atoms with Crippen molar-refractivity contribution in [2.45, 2.75) is 19.0 Å². The van der Waals surface area contributed by atoms with Gasteiger partial charge in [-0.05, 0) is 35.8 Å². The molecule has 0 aromatic heterocycles. The SMILES string of the molecule is Cc1cc([N+](=O)[O-])ccc1N1C(=O)[C@@H]2[C@H](C1=O)[C@H]1c3ccccc3C=CN1[C@@H]2C(=O)c1ccccc1. The Morgan fingerprint density at radius 3 is 2.33 bits per heavy atom. The van der Waals surface area contributed by atoms with E-state index >= 15 is 0 Å². The minimum Gasteiger partial charge on any atom is -0.358 e. The second-order valence-electron chi connectivity index (χ2n) is 9.30. The van der Waals surface area contributed by atoms with Gasteiger partial charge >= 0.3 is 0 Å². The van der Waals surface area contributed by atoms with Crippen molar-refractivity contribution in [2.24, 2.45) is 11.8 Å². The number of aryl methyl sites for hydroxylation is 1. The fourth-order valence-electron chi connectivity index (χ4n) is 5.87. The molecule has 2 saturated heterocycles. The van der Waals surface area contributed by atoms with Crippen LogP contribution < -0.4 is 4.90 Å². The molecular weight excluding hydrogens is 458 g/mol. The van der Waals surface area contributed by atoms with E-state index in [2.05, 4.69) is 0 Å². The van der Waals surface area contributed by atoms with Crippen LogP contribution in [0.15, 0.2) is 79.0 Å². The third kappa shape index (κ3) is 3.04. The van der Waals surface area contributed by atoms with E-state index in [1.165, 1.54) is 18.2 Å². The lowest BCUT2D eigenvalue weighted by Crippen LogP contribution is -2.44. The highest BCUT2D eigenvalue weighted by Gasteiger charge is 2.64. The van der Waals surface area contributed by atoms with Crippen LogP contribution in [0.5, 0.6) is 0 Å². The number of Topliss-reactive ketones (excluding diaryl/α,β-unsaturated/α-hetero) is 1. The highest BCUT2D eigenvalue weighted by Crippen LogP contribution is 2.54. The minimum absolute atomic E-state index is 0.120. The molecule has 0 saturated carbocycles. The molecule has 36 heavy (non-hydrogen) atoms. The first-order valence-corrected chi connectivity index (χ1v) is 11.6. The molecule has 3 heterocycles. The Labute approximate surface area is 206 Å². The monoisotopic (exact) mass is 479 g/mol. The maximum Gasteiger partial charge on any atom is 0.269 e. The Bertz CT molecular complexity index is 1480. The van der Waals surface area contributed by atoms with Gasteiger partial charge in [-0.3, -0.25) is 24.5 Å². The first kappa shape index (κ1) is 21.9. The van der Waals surface area contributed by atoms with Crippen LogP contribution in [0, 0.1) is 28.9 Å². The van der Waals surface area contributed by atoms with Gasteiger partial charge in [0, 0.05) is 23.9 Å². The number of nitro benzene ring substituents is 1. The van der Waals surface area contributed by atoms with Gasteiger partial charge in [0.25, 0.3) is 5.69 Å². The third-order valence-corrected chi connectivity index (χ3v) is 7.42. The van der Waals surface area contributed by atoms with Gasteiger partial charge in [0.1, 0.15) is 6.04 Å². The third-order valence-electron chi connectivity index (χ3n) is 7.42. The van der Waals surface area contributed by atoms with Crippen LogP contribution in [0.1, 0.15) is 33.1 Å². The predicted molar refractivity (Wildman–Crippen MR) is 132 cm³/mol. The summed E-state index contributed by atoms with van der Waals surface area (Å²) in [5.41, 5.74) is 2.93. The minimum atomic E-state index is -0.888. The number of rotatable bonds is 4. The smallest absolute Gasteiger partial charge is 0.269 e. The maximum absolute atomic E-state index is 13.9. The molecule has 0 unspecified atom stereocenters. The maximum atomic E-state index is 13.9. The molecule has 4 atom stereocenters. The normalized spacial score (nSPS) is 23.9. The standard InChI is InChI=1S/C28H21N3O5/c1-16-15-19(31(35)36)11-12-21(16)30-27(33)22-23(28(30)34)25(26(32)18-8-3-2-4-9-18)29-14-13-17-7-5-6-10-20(17)24(22)29/h2-15,22-25H,1H3/t22-,23+,24+,25-/m0/s1. The fraction of sp³-hybridized carbons (Fsp3) is 0.179. The summed E-state index contributed by atoms with van der Waals surface area (Å²) in [7, 11) is 0. The predicted octanol–water partition coefficient (Wildman–Crippen LogP) is 4.30. The first-order chi connectivity index (χ1) is 17.4. The number of ketones is 1. The average Bonchev–Trinajstić information content (AvgIpc) is 3.36. The number of hydrogen-bond acceptors (Lipinski definition) is 6. The summed E-state index contributed by atoms with van der Waals surface area (Å²) in [4.78, 5) is 55.4. The van der Waals surface area contributed by atoms with Crippen molar-refractivity contribution in [1.29, 1.82) is 0 Å². The molecule has 8 heteroatoms. The fourth-order valence-corrected chi connectivity index (χ4v) is 5.87. The van der Waals surface area contributed by atoms with Crippen molar-refractivity contribution >= 4 is 35.0 Å². The zero-order valence-corrected chi connectivity index (χ0v) is 19.3. The van der Waals surface area contributed by atoms with Crippen molar-refractivity contribution < 1.29 is 19.3 Å². The van der Waals surface area contributed by atoms with Crippen LogP contribution in [0.2, 0.25) is 0 Å². The Hall–Kier alpha value is -4.59. The second kappa shape index (κ2) is 7.98. The number of carbonyl (C=O) groups is 3. The van der Waals surface area contributed by atoms with Crippen LogP contribution in [-0.2, 0) is 9.59 Å². The molecule has 0 aliphatic carbocycles. The van der Waals surface area contributed by atoms with Gasteiger partial charge in [-0.1, -0.05) is 54.6 Å². The van der Waals surface area contributed by atoms with Gasteiger partial charge in [-0.2, -0.15) is 0 Å². The van der Waals surface area contributed by atoms with E-state index in [1.807, 2.05) is 47.5 Å². The summed E-state index contributed by atoms with van der Waals surface area (Å²) in [6.45, 7) is 1.63. The molecule has 3 aliphatic heterocycles. The number of amides is 2. The van der Waals surface area contributed by atoms with Crippen molar-refractivity contribution in [3.63, 3.8) is 0 Å². The summed E-state index contributed by atoms with van der Waals surface area (Å²) in [5.74, 6) is -2.74. The Kier molecular flexibility index (Phi) is 4.86. The zero-order valence-electron chi connectivity index (χ0n) is 19.3. The molecule has 3 aromatic rings. The van der Waals surface area contributed by atoms with Crippen LogP contribution in [0.25, 0.3) is 6.08 Å². The Balaban J connectivity index is 1.49. The van der Waals surface area contributed by atoms with Crippen LogP contribution >= 0.6 is 0 Å². The molecule has 3 aliphatic rings. The summed E-state index contributed by atoms with van der Waals surface area (Å²) in [5, 5.41) is 11.2. The van der Waals surface area contributed by atoms with E-state index < -0.39 is 40.7 Å². The van der Waals surface area contributed by atoms with Crippen LogP contribution in [0.3, 0.4) is 0 Å². The van der Waals surface area contributed by atoms with E-state index in [0.29, 0.717) is 16.8 Å². The molecule has 6 rings (SSSR count). The number of carbonyl (C=O) groups excluding carboxylic acids is 3. The van der Waals surface area contributed by atoms with Gasteiger partial charge in [0.15, 0.2) is 5.78 Å². The molecule has 2 fully saturated rings. The molecule has 0 N–H and O–H groups in total. The molecule has 0 spiro atoms. The van der Waals surface area contributed by atoms with Crippen molar-refractivity contribution in [2.75, 3.05) is 4.90 Å². The van der Waals surface area contributed by atoms with Crippen molar-refractivity contribution in [1.82, 2.24) is 4.90 Å². The van der Waals surface area contributed by atoms with E-state index in [0.717, 1.165) is 16.0 Å². The van der Waals surface area contributed by atoms with Gasteiger partial charge in [-0.15, -0.1) is 0 Å². The average molecular weight is 479 g/mol. The lowest BCUT2D eigenvalue weighted by molar-refractivity contribution is -0.384. The Morgan fingerprint density at radius 1 is 0.917 bits per heavy atom. The topological polar surface area (TPSA) is 101 Å².